The van der Waals surface area contributed by atoms with Crippen LogP contribution in [0.25, 0.3) is 0 Å². The Morgan fingerprint density at radius 3 is 2.45 bits per heavy atom. The first-order valence-electron chi connectivity index (χ1n) is 6.76. The summed E-state index contributed by atoms with van der Waals surface area (Å²) >= 11 is 6.07. The highest BCUT2D eigenvalue weighted by atomic mass is 35.5. The molecule has 0 bridgehead atoms. The van der Waals surface area contributed by atoms with Gasteiger partial charge in [-0.1, -0.05) is 17.7 Å². The summed E-state index contributed by atoms with van der Waals surface area (Å²) in [6, 6.07) is 12.7. The minimum absolute atomic E-state index is 0.335. The van der Waals surface area contributed by atoms with Crippen LogP contribution < -0.4 is 10.2 Å². The number of hydrogen-bond donors (Lipinski definition) is 1. The molecule has 0 aliphatic carbocycles. The first-order chi connectivity index (χ1) is 10.5. The van der Waals surface area contributed by atoms with Crippen molar-refractivity contribution in [2.75, 3.05) is 7.11 Å². The molecule has 2 aromatic carbocycles. The SMILES string of the molecule is COc1ccc(/C(C)=N/NC(=O)c2ccc(C)cc2Cl)cc1. The summed E-state index contributed by atoms with van der Waals surface area (Å²) in [6.45, 7) is 3.73. The van der Waals surface area contributed by atoms with E-state index >= 15 is 0 Å². The van der Waals surface area contributed by atoms with E-state index in [0.29, 0.717) is 16.3 Å². The number of nitrogens with zero attached hydrogens (tertiary/aromatic N) is 1. The van der Waals surface area contributed by atoms with Crippen molar-refractivity contribution in [2.24, 2.45) is 5.10 Å². The summed E-state index contributed by atoms with van der Waals surface area (Å²) in [5.74, 6) is 0.435. The molecule has 0 aliphatic rings. The maximum atomic E-state index is 12.1. The van der Waals surface area contributed by atoms with Crippen LogP contribution in [0.15, 0.2) is 47.6 Å². The van der Waals surface area contributed by atoms with Gasteiger partial charge in [-0.3, -0.25) is 4.79 Å². The minimum atomic E-state index is -0.335. The van der Waals surface area contributed by atoms with Gasteiger partial charge in [0.2, 0.25) is 0 Å². The molecule has 0 unspecified atom stereocenters. The highest BCUT2D eigenvalue weighted by Crippen LogP contribution is 2.17. The Labute approximate surface area is 134 Å². The van der Waals surface area contributed by atoms with Crippen molar-refractivity contribution in [1.29, 1.82) is 0 Å². The third-order valence-corrected chi connectivity index (χ3v) is 3.51. The molecule has 0 fully saturated rings. The van der Waals surface area contributed by atoms with E-state index in [1.165, 1.54) is 0 Å². The standard InChI is InChI=1S/C17H17ClN2O2/c1-11-4-9-15(16(18)10-11)17(21)20-19-12(2)13-5-7-14(22-3)8-6-13/h4-10H,1-3H3,(H,20,21)/b19-12+. The molecular weight excluding hydrogens is 300 g/mol. The lowest BCUT2D eigenvalue weighted by atomic mass is 10.1. The maximum Gasteiger partial charge on any atom is 0.272 e. The zero-order chi connectivity index (χ0) is 16.1. The smallest absolute Gasteiger partial charge is 0.272 e. The normalized spacial score (nSPS) is 11.2. The Morgan fingerprint density at radius 1 is 1.18 bits per heavy atom. The predicted molar refractivity (Wildman–Crippen MR) is 88.9 cm³/mol. The van der Waals surface area contributed by atoms with Crippen molar-refractivity contribution in [1.82, 2.24) is 5.43 Å². The monoisotopic (exact) mass is 316 g/mol. The number of benzene rings is 2. The van der Waals surface area contributed by atoms with Gasteiger partial charge < -0.3 is 4.74 Å². The molecule has 114 valence electrons. The van der Waals surface area contributed by atoms with Crippen LogP contribution in [-0.2, 0) is 0 Å². The summed E-state index contributed by atoms with van der Waals surface area (Å²) in [5, 5.41) is 4.52. The highest BCUT2D eigenvalue weighted by molar-refractivity contribution is 6.33. The summed E-state index contributed by atoms with van der Waals surface area (Å²) < 4.78 is 5.10. The van der Waals surface area contributed by atoms with Crippen molar-refractivity contribution >= 4 is 23.2 Å². The van der Waals surface area contributed by atoms with Gasteiger partial charge in [-0.05, 0) is 61.4 Å². The second-order valence-electron chi connectivity index (χ2n) is 4.85. The van der Waals surface area contributed by atoms with E-state index in [0.717, 1.165) is 16.9 Å². The van der Waals surface area contributed by atoms with Crippen LogP contribution in [0.3, 0.4) is 0 Å². The number of methoxy groups -OCH3 is 1. The van der Waals surface area contributed by atoms with E-state index in [9.17, 15) is 4.79 Å². The van der Waals surface area contributed by atoms with Crippen LogP contribution in [0.2, 0.25) is 5.02 Å². The molecule has 1 amide bonds. The van der Waals surface area contributed by atoms with Gasteiger partial charge in [0.15, 0.2) is 0 Å². The zero-order valence-electron chi connectivity index (χ0n) is 12.7. The molecule has 0 aliphatic heterocycles. The van der Waals surface area contributed by atoms with E-state index in [2.05, 4.69) is 10.5 Å². The number of hydrogen-bond acceptors (Lipinski definition) is 3. The van der Waals surface area contributed by atoms with Crippen LogP contribution >= 0.6 is 11.6 Å². The highest BCUT2D eigenvalue weighted by Gasteiger charge is 2.09. The first kappa shape index (κ1) is 16.0. The van der Waals surface area contributed by atoms with Gasteiger partial charge >= 0.3 is 0 Å². The molecule has 1 N–H and O–H groups in total. The third kappa shape index (κ3) is 3.86. The van der Waals surface area contributed by atoms with Gasteiger partial charge in [-0.15, -0.1) is 0 Å². The van der Waals surface area contributed by atoms with Gasteiger partial charge in [0.05, 0.1) is 23.4 Å². The fourth-order valence-electron chi connectivity index (χ4n) is 1.90. The lowest BCUT2D eigenvalue weighted by Gasteiger charge is -2.06. The molecular formula is C17H17ClN2O2. The van der Waals surface area contributed by atoms with Crippen LogP contribution in [-0.4, -0.2) is 18.7 Å². The lowest BCUT2D eigenvalue weighted by molar-refractivity contribution is 0.0955. The topological polar surface area (TPSA) is 50.7 Å². The quantitative estimate of drug-likeness (QED) is 0.689. The van der Waals surface area contributed by atoms with E-state index in [1.807, 2.05) is 44.2 Å². The number of carbonyl (C=O) groups is 1. The predicted octanol–water partition coefficient (Wildman–Crippen LogP) is 3.81. The van der Waals surface area contributed by atoms with Gasteiger partial charge in [0.1, 0.15) is 5.75 Å². The maximum absolute atomic E-state index is 12.1. The van der Waals surface area contributed by atoms with Crippen molar-refractivity contribution in [3.8, 4) is 5.75 Å². The third-order valence-electron chi connectivity index (χ3n) is 3.20. The van der Waals surface area contributed by atoms with E-state index in [1.54, 1.807) is 19.2 Å². The second-order valence-corrected chi connectivity index (χ2v) is 5.26. The van der Waals surface area contributed by atoms with Crippen LogP contribution in [0.1, 0.15) is 28.4 Å². The molecule has 0 spiro atoms. The molecule has 0 radical (unpaired) electrons. The fraction of sp³-hybridized carbons (Fsp3) is 0.176. The van der Waals surface area contributed by atoms with Crippen LogP contribution in [0.5, 0.6) is 5.75 Å². The van der Waals surface area contributed by atoms with Gasteiger partial charge in [0.25, 0.3) is 5.91 Å². The molecule has 4 nitrogen and oxygen atoms in total. The average Bonchev–Trinajstić information content (AvgIpc) is 2.52. The number of nitrogens with one attached hydrogen (secondary N) is 1. The molecule has 0 saturated heterocycles. The molecule has 0 saturated carbocycles. The fourth-order valence-corrected chi connectivity index (χ4v) is 2.22. The number of halogens is 1. The molecule has 22 heavy (non-hydrogen) atoms. The zero-order valence-corrected chi connectivity index (χ0v) is 13.4. The number of ether oxygens (including phenoxy) is 1. The van der Waals surface area contributed by atoms with Crippen molar-refractivity contribution in [3.63, 3.8) is 0 Å². The Hall–Kier alpha value is -2.33. The summed E-state index contributed by atoms with van der Waals surface area (Å²) in [7, 11) is 1.61. The van der Waals surface area contributed by atoms with Crippen molar-refractivity contribution in [3.05, 3.63) is 64.2 Å². The molecule has 5 heteroatoms. The Balaban J connectivity index is 2.10. The number of aryl methyl sites for hydroxylation is 1. The lowest BCUT2D eigenvalue weighted by Crippen LogP contribution is -2.19. The summed E-state index contributed by atoms with van der Waals surface area (Å²) in [5.41, 5.74) is 5.51. The van der Waals surface area contributed by atoms with Gasteiger partial charge in [0, 0.05) is 0 Å². The van der Waals surface area contributed by atoms with Crippen molar-refractivity contribution in [2.45, 2.75) is 13.8 Å². The Kier molecular flexibility index (Phi) is 5.17. The first-order valence-corrected chi connectivity index (χ1v) is 7.14. The minimum Gasteiger partial charge on any atom is -0.497 e. The molecule has 0 aromatic heterocycles. The van der Waals surface area contributed by atoms with Gasteiger partial charge in [-0.25, -0.2) is 5.43 Å². The molecule has 2 aromatic rings. The molecule has 2 rings (SSSR count). The van der Waals surface area contributed by atoms with Crippen molar-refractivity contribution < 1.29 is 9.53 Å². The van der Waals surface area contributed by atoms with E-state index in [-0.39, 0.29) is 5.91 Å². The molecule has 0 atom stereocenters. The largest absolute Gasteiger partial charge is 0.497 e. The van der Waals surface area contributed by atoms with Crippen LogP contribution in [0, 0.1) is 6.92 Å². The Morgan fingerprint density at radius 2 is 1.86 bits per heavy atom. The van der Waals surface area contributed by atoms with Gasteiger partial charge in [-0.2, -0.15) is 5.10 Å². The number of hydrazone groups is 1. The number of carbonyl (C=O) groups excluding carboxylic acids is 1. The number of rotatable bonds is 4. The number of amides is 1. The molecule has 0 heterocycles. The van der Waals surface area contributed by atoms with E-state index < -0.39 is 0 Å². The summed E-state index contributed by atoms with van der Waals surface area (Å²) in [4.78, 5) is 12.1. The Bertz CT molecular complexity index is 709. The second kappa shape index (κ2) is 7.09. The van der Waals surface area contributed by atoms with Crippen LogP contribution in [0.4, 0.5) is 0 Å². The van der Waals surface area contributed by atoms with E-state index in [4.69, 9.17) is 16.3 Å². The average molecular weight is 317 g/mol. The summed E-state index contributed by atoms with van der Waals surface area (Å²) in [6.07, 6.45) is 0.